The number of rotatable bonds is 11. The van der Waals surface area contributed by atoms with Gasteiger partial charge in [0.15, 0.2) is 12.6 Å². The maximum atomic E-state index is 12.6. The Bertz CT molecular complexity index is 1320. The Morgan fingerprint density at radius 3 is 2.07 bits per heavy atom. The number of aliphatic hydroxyl groups excluding tert-OH is 9. The van der Waals surface area contributed by atoms with Crippen LogP contribution in [0.15, 0.2) is 12.2 Å². The molecular formula is C40H68O15. The van der Waals surface area contributed by atoms with Crippen molar-refractivity contribution in [2.75, 3.05) is 26.9 Å². The number of ether oxygens (including phenoxy) is 5. The molecule has 0 spiro atoms. The van der Waals surface area contributed by atoms with Crippen LogP contribution in [0.1, 0.15) is 73.1 Å². The molecule has 0 radical (unpaired) electrons. The summed E-state index contributed by atoms with van der Waals surface area (Å²) in [6, 6.07) is 0. The molecule has 2 saturated heterocycles. The van der Waals surface area contributed by atoms with Gasteiger partial charge in [0, 0.05) is 25.4 Å². The highest BCUT2D eigenvalue weighted by molar-refractivity contribution is 5.23. The predicted molar refractivity (Wildman–Crippen MR) is 195 cm³/mol. The first kappa shape index (κ1) is 43.7. The van der Waals surface area contributed by atoms with Crippen molar-refractivity contribution >= 4 is 0 Å². The van der Waals surface area contributed by atoms with Crippen LogP contribution in [0.3, 0.4) is 0 Å². The van der Waals surface area contributed by atoms with Crippen LogP contribution in [0.4, 0.5) is 0 Å². The summed E-state index contributed by atoms with van der Waals surface area (Å²) in [5, 5.41) is 110. The Morgan fingerprint density at radius 2 is 1.40 bits per heavy atom. The van der Waals surface area contributed by atoms with Crippen molar-refractivity contribution in [3.05, 3.63) is 12.2 Å². The van der Waals surface area contributed by atoms with E-state index < -0.39 is 108 Å². The van der Waals surface area contributed by atoms with Gasteiger partial charge < -0.3 is 74.7 Å². The first-order chi connectivity index (χ1) is 25.8. The minimum Gasteiger partial charge on any atom is -0.393 e. The lowest BCUT2D eigenvalue weighted by Crippen LogP contribution is -2.71. The van der Waals surface area contributed by atoms with E-state index >= 15 is 0 Å². The first-order valence-corrected chi connectivity index (χ1v) is 20.4. The highest BCUT2D eigenvalue weighted by Crippen LogP contribution is 2.69. The highest BCUT2D eigenvalue weighted by Gasteiger charge is 2.73. The third kappa shape index (κ3) is 7.61. The minimum atomic E-state index is -1.50. The first-order valence-electron chi connectivity index (χ1n) is 20.4. The molecule has 0 aromatic rings. The summed E-state index contributed by atoms with van der Waals surface area (Å²) in [7, 11) is 1.40. The van der Waals surface area contributed by atoms with Gasteiger partial charge in [-0.15, -0.1) is 0 Å². The SMILES string of the molecule is CO[C@@H]1[C@@H](O)[C@H](OCC[C@@H](/C=C/[C@@H](C)[C@H]2[C@@H](O)[C@@H](O)[C@@H]3[C@]2(C)CC[C@@H]2[C@@]4(C)CC[C@H](O)[C@H](O)[C@@H]4[C@@H](O)C[C@]23O)C(C)C)OC[C@H]1O[C@@H]1OC[C@H](O)[C@H](O)[C@H]1O. The molecule has 4 saturated carbocycles. The maximum Gasteiger partial charge on any atom is 0.186 e. The van der Waals surface area contributed by atoms with Gasteiger partial charge in [0.25, 0.3) is 0 Å². The van der Waals surface area contributed by atoms with E-state index in [-0.39, 0.29) is 55.8 Å². The van der Waals surface area contributed by atoms with Crippen LogP contribution < -0.4 is 0 Å². The van der Waals surface area contributed by atoms with E-state index in [1.54, 1.807) is 0 Å². The van der Waals surface area contributed by atoms with Crippen LogP contribution in [0.25, 0.3) is 0 Å². The number of fused-ring (bicyclic) bond motifs is 5. The molecule has 6 fully saturated rings. The summed E-state index contributed by atoms with van der Waals surface area (Å²) in [6.45, 7) is 10.2. The van der Waals surface area contributed by atoms with Crippen molar-refractivity contribution in [2.45, 2.75) is 158 Å². The summed E-state index contributed by atoms with van der Waals surface area (Å²) >= 11 is 0. The Hall–Kier alpha value is -0.860. The molecule has 2 aliphatic heterocycles. The molecule has 15 nitrogen and oxygen atoms in total. The van der Waals surface area contributed by atoms with Gasteiger partial charge in [-0.1, -0.05) is 46.8 Å². The standard InChI is InChI=1S/C40H68O15/c1-18(2)20(11-14-52-36-33(49)34(51-6)24(17-54-36)55-37-32(48)29(45)23(43)16-53-37)8-7-19(3)26-30(46)31(47)35-39(26,5)13-10-25-38(4)12-9-21(41)28(44)27(38)22(42)15-40(25,35)50/h7-8,18-37,41-50H,9-17H2,1-6H3/b8-7+/t19-,20-,21+,22+,23+,24-,25-,26+,27+,28+,29+,30-,31-,32-,33-,34+,35-,36-,37+,38-,39-,40+/m1/s1. The largest absolute Gasteiger partial charge is 0.393 e. The summed E-state index contributed by atoms with van der Waals surface area (Å²) < 4.78 is 28.4. The number of aliphatic hydroxyl groups is 10. The van der Waals surface area contributed by atoms with Crippen LogP contribution in [0.2, 0.25) is 0 Å². The Morgan fingerprint density at radius 1 is 0.727 bits per heavy atom. The van der Waals surface area contributed by atoms with Crippen molar-refractivity contribution in [3.63, 3.8) is 0 Å². The van der Waals surface area contributed by atoms with Crippen LogP contribution >= 0.6 is 0 Å². The summed E-state index contributed by atoms with van der Waals surface area (Å²) in [5.41, 5.74) is -2.75. The zero-order valence-electron chi connectivity index (χ0n) is 33.1. The summed E-state index contributed by atoms with van der Waals surface area (Å²) in [4.78, 5) is 0. The van der Waals surface area contributed by atoms with Gasteiger partial charge in [-0.2, -0.15) is 0 Å². The zero-order chi connectivity index (χ0) is 40.4. The molecule has 0 aromatic heterocycles. The van der Waals surface area contributed by atoms with Crippen LogP contribution in [0, 0.1) is 52.3 Å². The van der Waals surface area contributed by atoms with Crippen molar-refractivity contribution in [1.82, 2.24) is 0 Å². The van der Waals surface area contributed by atoms with Crippen molar-refractivity contribution < 1.29 is 74.7 Å². The van der Waals surface area contributed by atoms with Crippen molar-refractivity contribution in [3.8, 4) is 0 Å². The molecule has 55 heavy (non-hydrogen) atoms. The molecule has 0 amide bonds. The fourth-order valence-corrected chi connectivity index (χ4v) is 12.3. The van der Waals surface area contributed by atoms with E-state index in [9.17, 15) is 51.1 Å². The molecule has 0 aromatic carbocycles. The third-order valence-corrected chi connectivity index (χ3v) is 15.2. The van der Waals surface area contributed by atoms with Gasteiger partial charge in [0.2, 0.25) is 0 Å². The second kappa shape index (κ2) is 16.7. The Labute approximate surface area is 324 Å². The van der Waals surface area contributed by atoms with Crippen LogP contribution in [0.5, 0.6) is 0 Å². The van der Waals surface area contributed by atoms with Crippen molar-refractivity contribution in [2.24, 2.45) is 52.3 Å². The lowest BCUT2D eigenvalue weighted by molar-refractivity contribution is -0.330. The van der Waals surface area contributed by atoms with E-state index in [4.69, 9.17) is 23.7 Å². The second-order valence-electron chi connectivity index (χ2n) is 18.6. The van der Waals surface area contributed by atoms with Gasteiger partial charge in [-0.05, 0) is 72.5 Å². The summed E-state index contributed by atoms with van der Waals surface area (Å²) in [5.74, 6) is -1.89. The van der Waals surface area contributed by atoms with E-state index in [0.717, 1.165) is 0 Å². The Balaban J connectivity index is 1.08. The minimum absolute atomic E-state index is 0.0382. The number of hydrogen-bond acceptors (Lipinski definition) is 15. The molecule has 0 bridgehead atoms. The lowest BCUT2D eigenvalue weighted by Gasteiger charge is -2.66. The molecule has 15 heteroatoms. The smallest absolute Gasteiger partial charge is 0.186 e. The van der Waals surface area contributed by atoms with Crippen LogP contribution in [-0.2, 0) is 23.7 Å². The molecular weight excluding hydrogens is 720 g/mol. The van der Waals surface area contributed by atoms with Gasteiger partial charge in [0.1, 0.15) is 36.6 Å². The van der Waals surface area contributed by atoms with E-state index in [0.29, 0.717) is 32.1 Å². The van der Waals surface area contributed by atoms with Gasteiger partial charge >= 0.3 is 0 Å². The molecule has 6 rings (SSSR count). The molecule has 4 aliphatic carbocycles. The number of allylic oxidation sites excluding steroid dienone is 2. The number of hydrogen-bond donors (Lipinski definition) is 10. The Kier molecular flexibility index (Phi) is 13.2. The molecule has 6 aliphatic rings. The average molecular weight is 789 g/mol. The van der Waals surface area contributed by atoms with E-state index in [1.807, 2.05) is 20.8 Å². The van der Waals surface area contributed by atoms with E-state index in [2.05, 4.69) is 26.0 Å². The second-order valence-corrected chi connectivity index (χ2v) is 18.6. The van der Waals surface area contributed by atoms with E-state index in [1.165, 1.54) is 7.11 Å². The monoisotopic (exact) mass is 788 g/mol. The average Bonchev–Trinajstić information content (AvgIpc) is 3.33. The van der Waals surface area contributed by atoms with Crippen molar-refractivity contribution in [1.29, 1.82) is 0 Å². The number of methoxy groups -OCH3 is 1. The lowest BCUT2D eigenvalue weighted by atomic mass is 9.41. The molecule has 0 unspecified atom stereocenters. The molecule has 318 valence electrons. The topological polar surface area (TPSA) is 248 Å². The van der Waals surface area contributed by atoms with Gasteiger partial charge in [-0.3, -0.25) is 0 Å². The fraction of sp³-hybridized carbons (Fsp3) is 0.950. The quantitative estimate of drug-likeness (QED) is 0.118. The van der Waals surface area contributed by atoms with Crippen LogP contribution in [-0.4, -0.2) is 163 Å². The highest BCUT2D eigenvalue weighted by atomic mass is 16.7. The maximum absolute atomic E-state index is 12.6. The molecule has 22 atom stereocenters. The molecule has 2 heterocycles. The molecule has 10 N–H and O–H groups in total. The third-order valence-electron chi connectivity index (χ3n) is 15.2. The zero-order valence-corrected chi connectivity index (χ0v) is 33.1. The normalized spacial score (nSPS) is 52.8. The predicted octanol–water partition coefficient (Wildman–Crippen LogP) is -0.568. The fourth-order valence-electron chi connectivity index (χ4n) is 12.3. The van der Waals surface area contributed by atoms with Gasteiger partial charge in [-0.25, -0.2) is 0 Å². The summed E-state index contributed by atoms with van der Waals surface area (Å²) in [6.07, 6.45) is -7.96. The van der Waals surface area contributed by atoms with Gasteiger partial charge in [0.05, 0.1) is 55.9 Å².